The molecule has 2 N–H and O–H groups in total. The van der Waals surface area contributed by atoms with Crippen molar-refractivity contribution in [3.63, 3.8) is 0 Å². The van der Waals surface area contributed by atoms with Crippen molar-refractivity contribution < 1.29 is 28.2 Å². The number of ether oxygens (including phenoxy) is 3. The molecule has 8 nitrogen and oxygen atoms in total. The normalized spacial score (nSPS) is 12.9. The van der Waals surface area contributed by atoms with Crippen LogP contribution >= 0.6 is 0 Å². The number of nitrogens with zero attached hydrogens (tertiary/aromatic N) is 1. The van der Waals surface area contributed by atoms with Crippen LogP contribution in [0.25, 0.3) is 10.9 Å². The highest BCUT2D eigenvalue weighted by Crippen LogP contribution is 2.38. The summed E-state index contributed by atoms with van der Waals surface area (Å²) in [6.45, 7) is 1.17. The van der Waals surface area contributed by atoms with Crippen molar-refractivity contribution in [2.45, 2.75) is 19.4 Å². The van der Waals surface area contributed by atoms with Crippen LogP contribution in [0.5, 0.6) is 17.2 Å². The molecule has 2 amide bonds. The van der Waals surface area contributed by atoms with E-state index in [-0.39, 0.29) is 30.6 Å². The minimum atomic E-state index is -0.352. The van der Waals surface area contributed by atoms with Crippen molar-refractivity contribution in [3.05, 3.63) is 53.0 Å². The first-order chi connectivity index (χ1) is 15.9. The number of carbonyl (C=O) groups is 2. The predicted molar refractivity (Wildman–Crippen MR) is 120 cm³/mol. The molecule has 3 aromatic rings. The summed E-state index contributed by atoms with van der Waals surface area (Å²) in [6.07, 6.45) is 0.831. The van der Waals surface area contributed by atoms with Gasteiger partial charge in [0.1, 0.15) is 5.82 Å². The molecule has 2 heterocycles. The highest BCUT2D eigenvalue weighted by Gasteiger charge is 2.24. The SMILES string of the molecule is COc1cc(C(=O)NCCC(=O)N2CCc3[nH]c4ccc(F)cc4c3C2)cc(OC)c1OC. The Morgan fingerprint density at radius 2 is 1.82 bits per heavy atom. The molecule has 0 unspecified atom stereocenters. The molecule has 174 valence electrons. The summed E-state index contributed by atoms with van der Waals surface area (Å²) in [5.74, 6) is 0.414. The number of aromatic nitrogens is 1. The second kappa shape index (κ2) is 9.40. The van der Waals surface area contributed by atoms with E-state index >= 15 is 0 Å². The van der Waals surface area contributed by atoms with E-state index in [0.29, 0.717) is 42.3 Å². The lowest BCUT2D eigenvalue weighted by atomic mass is 10.0. The van der Waals surface area contributed by atoms with E-state index in [4.69, 9.17) is 14.2 Å². The molecule has 0 fully saturated rings. The van der Waals surface area contributed by atoms with E-state index in [2.05, 4.69) is 10.3 Å². The van der Waals surface area contributed by atoms with E-state index in [9.17, 15) is 14.0 Å². The van der Waals surface area contributed by atoms with E-state index in [1.807, 2.05) is 0 Å². The number of hydrogen-bond acceptors (Lipinski definition) is 5. The zero-order valence-electron chi connectivity index (χ0n) is 18.8. The van der Waals surface area contributed by atoms with Gasteiger partial charge in [-0.1, -0.05) is 0 Å². The maximum absolute atomic E-state index is 13.7. The Balaban J connectivity index is 1.38. The average Bonchev–Trinajstić information content (AvgIpc) is 3.19. The summed E-state index contributed by atoms with van der Waals surface area (Å²) >= 11 is 0. The number of methoxy groups -OCH3 is 3. The van der Waals surface area contributed by atoms with Crippen LogP contribution in [0.15, 0.2) is 30.3 Å². The lowest BCUT2D eigenvalue weighted by molar-refractivity contribution is -0.131. The smallest absolute Gasteiger partial charge is 0.251 e. The predicted octanol–water partition coefficient (Wildman–Crippen LogP) is 3.04. The third-order valence-electron chi connectivity index (χ3n) is 5.84. The Morgan fingerprint density at radius 3 is 2.48 bits per heavy atom. The standard InChI is InChI=1S/C24H26FN3O5/c1-31-20-10-14(11-21(32-2)23(20)33-3)24(30)26-8-6-22(29)28-9-7-19-17(13-28)16-12-15(25)4-5-18(16)27-19/h4-5,10-12,27H,6-9,13H2,1-3H3,(H,26,30). The topological polar surface area (TPSA) is 92.9 Å². The monoisotopic (exact) mass is 455 g/mol. The second-order valence-electron chi connectivity index (χ2n) is 7.76. The highest BCUT2D eigenvalue weighted by molar-refractivity contribution is 5.96. The number of fused-ring (bicyclic) bond motifs is 3. The average molecular weight is 455 g/mol. The molecule has 0 bridgehead atoms. The third-order valence-corrected chi connectivity index (χ3v) is 5.84. The molecule has 1 aliphatic rings. The van der Waals surface area contributed by atoms with Crippen LogP contribution in [0.2, 0.25) is 0 Å². The fourth-order valence-electron chi connectivity index (χ4n) is 4.15. The molecular weight excluding hydrogens is 429 g/mol. The largest absolute Gasteiger partial charge is 0.493 e. The highest BCUT2D eigenvalue weighted by atomic mass is 19.1. The van der Waals surface area contributed by atoms with Crippen LogP contribution in [0, 0.1) is 5.82 Å². The summed E-state index contributed by atoms with van der Waals surface area (Å²) in [7, 11) is 4.44. The molecule has 0 saturated carbocycles. The fourth-order valence-corrected chi connectivity index (χ4v) is 4.15. The van der Waals surface area contributed by atoms with Gasteiger partial charge in [0.15, 0.2) is 11.5 Å². The molecule has 0 radical (unpaired) electrons. The van der Waals surface area contributed by atoms with Crippen LogP contribution in [-0.2, 0) is 17.8 Å². The second-order valence-corrected chi connectivity index (χ2v) is 7.76. The number of nitrogens with one attached hydrogen (secondary N) is 2. The van der Waals surface area contributed by atoms with Crippen LogP contribution in [0.3, 0.4) is 0 Å². The summed E-state index contributed by atoms with van der Waals surface area (Å²) in [4.78, 5) is 30.4. The quantitative estimate of drug-likeness (QED) is 0.571. The molecule has 1 aliphatic heterocycles. The first-order valence-corrected chi connectivity index (χ1v) is 10.6. The van der Waals surface area contributed by atoms with Crippen molar-refractivity contribution in [2.24, 2.45) is 0 Å². The summed E-state index contributed by atoms with van der Waals surface area (Å²) in [5.41, 5.74) is 3.19. The van der Waals surface area contributed by atoms with Gasteiger partial charge in [0.05, 0.1) is 21.3 Å². The van der Waals surface area contributed by atoms with Gasteiger partial charge >= 0.3 is 0 Å². The van der Waals surface area contributed by atoms with Crippen LogP contribution in [0.4, 0.5) is 4.39 Å². The molecular formula is C24H26FN3O5. The Hall–Kier alpha value is -3.75. The zero-order chi connectivity index (χ0) is 23.5. The van der Waals surface area contributed by atoms with Gasteiger partial charge in [0.2, 0.25) is 11.7 Å². The molecule has 4 rings (SSSR count). The Bertz CT molecular complexity index is 1180. The van der Waals surface area contributed by atoms with Crippen molar-refractivity contribution in [3.8, 4) is 17.2 Å². The van der Waals surface area contributed by atoms with E-state index < -0.39 is 0 Å². The summed E-state index contributed by atoms with van der Waals surface area (Å²) in [5, 5.41) is 3.57. The lowest BCUT2D eigenvalue weighted by Gasteiger charge is -2.27. The van der Waals surface area contributed by atoms with Crippen LogP contribution in [0.1, 0.15) is 28.0 Å². The number of aromatic amines is 1. The molecule has 1 aromatic heterocycles. The van der Waals surface area contributed by atoms with Gasteiger partial charge in [-0.25, -0.2) is 4.39 Å². The van der Waals surface area contributed by atoms with E-state index in [1.165, 1.54) is 33.5 Å². The molecule has 2 aromatic carbocycles. The zero-order valence-corrected chi connectivity index (χ0v) is 18.8. The summed E-state index contributed by atoms with van der Waals surface area (Å²) < 4.78 is 29.5. The van der Waals surface area contributed by atoms with Gasteiger partial charge in [-0.3, -0.25) is 9.59 Å². The first-order valence-electron chi connectivity index (χ1n) is 10.6. The van der Waals surface area contributed by atoms with Gasteiger partial charge in [0, 0.05) is 60.2 Å². The van der Waals surface area contributed by atoms with Gasteiger partial charge < -0.3 is 29.4 Å². The van der Waals surface area contributed by atoms with Crippen LogP contribution < -0.4 is 19.5 Å². The Labute approximate surface area is 190 Å². The fraction of sp³-hybridized carbons (Fsp3) is 0.333. The maximum Gasteiger partial charge on any atom is 0.251 e. The molecule has 0 atom stereocenters. The number of amides is 2. The number of rotatable bonds is 7. The lowest BCUT2D eigenvalue weighted by Crippen LogP contribution is -2.37. The molecule has 33 heavy (non-hydrogen) atoms. The maximum atomic E-state index is 13.7. The molecule has 9 heteroatoms. The number of carbonyl (C=O) groups excluding carboxylic acids is 2. The molecule has 0 aliphatic carbocycles. The van der Waals surface area contributed by atoms with Crippen molar-refractivity contribution in [1.29, 1.82) is 0 Å². The minimum Gasteiger partial charge on any atom is -0.493 e. The Kier molecular flexibility index (Phi) is 6.39. The number of benzene rings is 2. The van der Waals surface area contributed by atoms with Crippen molar-refractivity contribution >= 4 is 22.7 Å². The van der Waals surface area contributed by atoms with Gasteiger partial charge in [-0.05, 0) is 30.3 Å². The first kappa shape index (κ1) is 22.4. The third kappa shape index (κ3) is 4.44. The number of halogens is 1. The van der Waals surface area contributed by atoms with Crippen molar-refractivity contribution in [2.75, 3.05) is 34.4 Å². The van der Waals surface area contributed by atoms with Gasteiger partial charge in [-0.15, -0.1) is 0 Å². The minimum absolute atomic E-state index is 0.0726. The number of H-pyrrole nitrogens is 1. The van der Waals surface area contributed by atoms with Crippen LogP contribution in [-0.4, -0.2) is 56.1 Å². The van der Waals surface area contributed by atoms with E-state index in [1.54, 1.807) is 23.1 Å². The summed E-state index contributed by atoms with van der Waals surface area (Å²) in [6, 6.07) is 7.75. The van der Waals surface area contributed by atoms with Gasteiger partial charge in [-0.2, -0.15) is 0 Å². The van der Waals surface area contributed by atoms with E-state index in [0.717, 1.165) is 22.2 Å². The van der Waals surface area contributed by atoms with Crippen molar-refractivity contribution in [1.82, 2.24) is 15.2 Å². The number of hydrogen-bond donors (Lipinski definition) is 2. The van der Waals surface area contributed by atoms with Gasteiger partial charge in [0.25, 0.3) is 5.91 Å². The Morgan fingerprint density at radius 1 is 1.09 bits per heavy atom. The molecule has 0 spiro atoms. The molecule has 0 saturated heterocycles.